The van der Waals surface area contributed by atoms with Crippen molar-refractivity contribution in [2.45, 2.75) is 45.8 Å². The van der Waals surface area contributed by atoms with Gasteiger partial charge in [-0.05, 0) is 76.4 Å². The van der Waals surface area contributed by atoms with Gasteiger partial charge in [-0.25, -0.2) is 0 Å². The third-order valence-electron chi connectivity index (χ3n) is 5.53. The number of rotatable bonds is 5. The van der Waals surface area contributed by atoms with Gasteiger partial charge in [0.2, 0.25) is 5.91 Å². The van der Waals surface area contributed by atoms with E-state index in [1.807, 2.05) is 25.1 Å². The Kier molecular flexibility index (Phi) is 7.31. The number of halogens is 1. The fraction of sp³-hybridized carbons (Fsp3) is 0.667. The monoisotopic (exact) mass is 437 g/mol. The van der Waals surface area contributed by atoms with Crippen LogP contribution < -0.4 is 5.32 Å². The van der Waals surface area contributed by atoms with Crippen LogP contribution in [0.3, 0.4) is 0 Å². The molecule has 2 fully saturated rings. The number of benzene rings is 1. The van der Waals surface area contributed by atoms with Crippen LogP contribution in [0.2, 0.25) is 0 Å². The van der Waals surface area contributed by atoms with Crippen molar-refractivity contribution in [2.75, 3.05) is 44.6 Å². The molecule has 1 aromatic carbocycles. The van der Waals surface area contributed by atoms with Crippen molar-refractivity contribution in [3.63, 3.8) is 0 Å². The Labute approximate surface area is 171 Å². The van der Waals surface area contributed by atoms with Gasteiger partial charge in [0.05, 0.1) is 18.8 Å². The van der Waals surface area contributed by atoms with Crippen LogP contribution in [0.25, 0.3) is 0 Å². The summed E-state index contributed by atoms with van der Waals surface area (Å²) in [5.41, 5.74) is 1.99. The van der Waals surface area contributed by atoms with Gasteiger partial charge in [0.25, 0.3) is 0 Å². The number of aryl methyl sites for hydroxylation is 1. The van der Waals surface area contributed by atoms with E-state index in [9.17, 15) is 4.79 Å². The number of carbonyl (C=O) groups excluding carboxylic acids is 1. The highest BCUT2D eigenvalue weighted by molar-refractivity contribution is 9.10. The summed E-state index contributed by atoms with van der Waals surface area (Å²) in [6, 6.07) is 5.91. The van der Waals surface area contributed by atoms with E-state index >= 15 is 0 Å². The van der Waals surface area contributed by atoms with E-state index in [1.54, 1.807) is 0 Å². The van der Waals surface area contributed by atoms with E-state index in [0.717, 1.165) is 54.4 Å². The highest BCUT2D eigenvalue weighted by atomic mass is 79.9. The molecular weight excluding hydrogens is 406 g/mol. The molecule has 0 bridgehead atoms. The summed E-state index contributed by atoms with van der Waals surface area (Å²) in [7, 11) is 0. The van der Waals surface area contributed by atoms with E-state index in [-0.39, 0.29) is 5.91 Å². The summed E-state index contributed by atoms with van der Waals surface area (Å²) in [6.07, 6.45) is 3.01. The number of nitrogens with one attached hydrogen (secondary N) is 1. The van der Waals surface area contributed by atoms with Gasteiger partial charge >= 0.3 is 0 Å². The van der Waals surface area contributed by atoms with Gasteiger partial charge in [0.1, 0.15) is 0 Å². The number of anilines is 1. The summed E-state index contributed by atoms with van der Waals surface area (Å²) in [4.78, 5) is 17.2. The number of likely N-dealkylation sites (tertiary alicyclic amines) is 1. The van der Waals surface area contributed by atoms with Crippen molar-refractivity contribution in [1.82, 2.24) is 9.80 Å². The SMILES string of the molecule is Cc1cc(NC(=O)CN2CCC(CN3CC(C)OC(C)C3)CC2)ccc1Br. The fourth-order valence-electron chi connectivity index (χ4n) is 4.25. The maximum atomic E-state index is 12.4. The van der Waals surface area contributed by atoms with Gasteiger partial charge in [-0.3, -0.25) is 14.6 Å². The molecule has 2 saturated heterocycles. The average molecular weight is 438 g/mol. The third-order valence-corrected chi connectivity index (χ3v) is 6.42. The lowest BCUT2D eigenvalue weighted by molar-refractivity contribution is -0.117. The first kappa shape index (κ1) is 20.8. The molecule has 5 nitrogen and oxygen atoms in total. The zero-order valence-corrected chi connectivity index (χ0v) is 18.3. The summed E-state index contributed by atoms with van der Waals surface area (Å²) in [5, 5.41) is 3.02. The van der Waals surface area contributed by atoms with Crippen LogP contribution in [0.5, 0.6) is 0 Å². The van der Waals surface area contributed by atoms with Crippen LogP contribution in [-0.4, -0.2) is 67.2 Å². The molecule has 3 rings (SSSR count). The maximum absolute atomic E-state index is 12.4. The molecule has 0 spiro atoms. The Hall–Kier alpha value is -0.950. The smallest absolute Gasteiger partial charge is 0.238 e. The van der Waals surface area contributed by atoms with Crippen LogP contribution >= 0.6 is 15.9 Å². The van der Waals surface area contributed by atoms with E-state index in [2.05, 4.69) is 44.9 Å². The van der Waals surface area contributed by atoms with Crippen LogP contribution in [0, 0.1) is 12.8 Å². The van der Waals surface area contributed by atoms with Crippen LogP contribution in [0.15, 0.2) is 22.7 Å². The molecule has 0 saturated carbocycles. The van der Waals surface area contributed by atoms with Crippen molar-refractivity contribution in [1.29, 1.82) is 0 Å². The number of ether oxygens (including phenoxy) is 1. The second-order valence-electron chi connectivity index (χ2n) is 8.21. The number of carbonyl (C=O) groups is 1. The largest absolute Gasteiger partial charge is 0.373 e. The fourth-order valence-corrected chi connectivity index (χ4v) is 4.50. The predicted molar refractivity (Wildman–Crippen MR) is 113 cm³/mol. The van der Waals surface area contributed by atoms with Crippen molar-refractivity contribution in [3.8, 4) is 0 Å². The molecule has 0 radical (unpaired) electrons. The molecule has 0 aliphatic carbocycles. The Morgan fingerprint density at radius 1 is 1.19 bits per heavy atom. The first-order valence-electron chi connectivity index (χ1n) is 10.0. The van der Waals surface area contributed by atoms with E-state index in [4.69, 9.17) is 4.74 Å². The lowest BCUT2D eigenvalue weighted by atomic mass is 9.95. The first-order valence-corrected chi connectivity index (χ1v) is 10.8. The van der Waals surface area contributed by atoms with Gasteiger partial charge < -0.3 is 10.1 Å². The molecule has 0 aromatic heterocycles. The summed E-state index contributed by atoms with van der Waals surface area (Å²) in [5.74, 6) is 0.807. The minimum Gasteiger partial charge on any atom is -0.373 e. The summed E-state index contributed by atoms with van der Waals surface area (Å²) >= 11 is 3.49. The Balaban J connectivity index is 1.40. The number of nitrogens with zero attached hydrogens (tertiary/aromatic N) is 2. The van der Waals surface area contributed by atoms with E-state index in [0.29, 0.717) is 18.8 Å². The normalized spacial score (nSPS) is 25.5. The molecule has 1 N–H and O–H groups in total. The van der Waals surface area contributed by atoms with Crippen molar-refractivity contribution >= 4 is 27.5 Å². The molecule has 6 heteroatoms. The molecule has 2 aliphatic rings. The van der Waals surface area contributed by atoms with Gasteiger partial charge in [0, 0.05) is 29.8 Å². The molecule has 2 atom stereocenters. The van der Waals surface area contributed by atoms with E-state index < -0.39 is 0 Å². The Morgan fingerprint density at radius 3 is 2.48 bits per heavy atom. The first-order chi connectivity index (χ1) is 12.9. The van der Waals surface area contributed by atoms with Gasteiger partial charge in [-0.15, -0.1) is 0 Å². The number of hydrogen-bond donors (Lipinski definition) is 1. The Morgan fingerprint density at radius 2 is 1.85 bits per heavy atom. The second kappa shape index (κ2) is 9.50. The third kappa shape index (κ3) is 6.28. The predicted octanol–water partition coefficient (Wildman–Crippen LogP) is 3.52. The summed E-state index contributed by atoms with van der Waals surface area (Å²) < 4.78 is 6.89. The summed E-state index contributed by atoms with van der Waals surface area (Å²) in [6.45, 7) is 12.1. The number of amides is 1. The van der Waals surface area contributed by atoms with Crippen LogP contribution in [-0.2, 0) is 9.53 Å². The maximum Gasteiger partial charge on any atom is 0.238 e. The van der Waals surface area contributed by atoms with Gasteiger partial charge in [-0.2, -0.15) is 0 Å². The second-order valence-corrected chi connectivity index (χ2v) is 9.06. The molecule has 150 valence electrons. The molecule has 2 aliphatic heterocycles. The van der Waals surface area contributed by atoms with Crippen molar-refractivity contribution in [3.05, 3.63) is 28.2 Å². The van der Waals surface area contributed by atoms with Crippen LogP contribution in [0.4, 0.5) is 5.69 Å². The topological polar surface area (TPSA) is 44.8 Å². The zero-order valence-electron chi connectivity index (χ0n) is 16.7. The molecular formula is C21H32BrN3O2. The molecule has 2 heterocycles. The lowest BCUT2D eigenvalue weighted by Gasteiger charge is -2.39. The zero-order chi connectivity index (χ0) is 19.4. The highest BCUT2D eigenvalue weighted by Gasteiger charge is 2.27. The lowest BCUT2D eigenvalue weighted by Crippen LogP contribution is -2.48. The van der Waals surface area contributed by atoms with Gasteiger partial charge in [-0.1, -0.05) is 15.9 Å². The molecule has 1 amide bonds. The highest BCUT2D eigenvalue weighted by Crippen LogP contribution is 2.22. The number of hydrogen-bond acceptors (Lipinski definition) is 4. The Bertz CT molecular complexity index is 636. The van der Waals surface area contributed by atoms with Crippen LogP contribution in [0.1, 0.15) is 32.3 Å². The number of morpholine rings is 1. The number of piperidine rings is 1. The van der Waals surface area contributed by atoms with Crippen molar-refractivity contribution in [2.24, 2.45) is 5.92 Å². The molecule has 2 unspecified atom stereocenters. The average Bonchev–Trinajstić information content (AvgIpc) is 2.59. The van der Waals surface area contributed by atoms with Crippen molar-refractivity contribution < 1.29 is 9.53 Å². The minimum atomic E-state index is 0.0750. The molecule has 27 heavy (non-hydrogen) atoms. The van der Waals surface area contributed by atoms with E-state index in [1.165, 1.54) is 12.8 Å². The minimum absolute atomic E-state index is 0.0750. The quantitative estimate of drug-likeness (QED) is 0.764. The van der Waals surface area contributed by atoms with Gasteiger partial charge in [0.15, 0.2) is 0 Å². The standard InChI is InChI=1S/C21H32BrN3O2/c1-15-10-19(4-5-20(15)22)23-21(26)14-24-8-6-18(7-9-24)13-25-11-16(2)27-17(3)12-25/h4-5,10,16-18H,6-9,11-14H2,1-3H3,(H,23,26). The molecule has 1 aromatic rings.